The van der Waals surface area contributed by atoms with Gasteiger partial charge in [-0.25, -0.2) is 0 Å². The Morgan fingerprint density at radius 3 is 2.04 bits per heavy atom. The summed E-state index contributed by atoms with van der Waals surface area (Å²) in [6, 6.07) is 11.9. The zero-order chi connectivity index (χ0) is 17.5. The Balaban J connectivity index is 2.04. The largest absolute Gasteiger partial charge is 0.493 e. The smallest absolute Gasteiger partial charge is 0.203 e. The Labute approximate surface area is 147 Å². The Morgan fingerprint density at radius 1 is 0.958 bits per heavy atom. The number of methoxy groups -OCH3 is 3. The highest BCUT2D eigenvalue weighted by Crippen LogP contribution is 2.39. The predicted octanol–water partition coefficient (Wildman–Crippen LogP) is 3.51. The van der Waals surface area contributed by atoms with E-state index in [-0.39, 0.29) is 0 Å². The summed E-state index contributed by atoms with van der Waals surface area (Å²) in [6.07, 6.45) is 0. The van der Waals surface area contributed by atoms with Crippen molar-refractivity contribution in [3.05, 3.63) is 47.5 Å². The molecule has 2 rings (SSSR count). The average Bonchev–Trinajstić information content (AvgIpc) is 2.60. The van der Waals surface area contributed by atoms with Crippen molar-refractivity contribution in [1.82, 2.24) is 5.32 Å². The molecule has 0 bridgehead atoms. The number of benzene rings is 2. The van der Waals surface area contributed by atoms with Gasteiger partial charge in [0.2, 0.25) is 5.75 Å². The van der Waals surface area contributed by atoms with Crippen LogP contribution in [-0.4, -0.2) is 26.4 Å². The Hall–Kier alpha value is -2.47. The number of aryl methyl sites for hydroxylation is 1. The van der Waals surface area contributed by atoms with E-state index >= 15 is 0 Å². The quantitative estimate of drug-likeness (QED) is 0.781. The van der Waals surface area contributed by atoms with Gasteiger partial charge in [0.15, 0.2) is 16.6 Å². The molecule has 0 radical (unpaired) electrons. The van der Waals surface area contributed by atoms with Crippen LogP contribution in [0.3, 0.4) is 0 Å². The fourth-order valence-electron chi connectivity index (χ4n) is 2.22. The Morgan fingerprint density at radius 2 is 1.54 bits per heavy atom. The summed E-state index contributed by atoms with van der Waals surface area (Å²) >= 11 is 5.35. The van der Waals surface area contributed by atoms with Gasteiger partial charge in [-0.15, -0.1) is 0 Å². The minimum Gasteiger partial charge on any atom is -0.493 e. The van der Waals surface area contributed by atoms with Crippen LogP contribution in [0.25, 0.3) is 0 Å². The van der Waals surface area contributed by atoms with Crippen LogP contribution in [0, 0.1) is 6.92 Å². The molecular weight excluding hydrogens is 324 g/mol. The molecule has 0 aliphatic heterocycles. The lowest BCUT2D eigenvalue weighted by Crippen LogP contribution is -2.27. The minimum absolute atomic E-state index is 0.518. The highest BCUT2D eigenvalue weighted by molar-refractivity contribution is 7.80. The minimum atomic E-state index is 0.518. The summed E-state index contributed by atoms with van der Waals surface area (Å²) in [4.78, 5) is 0. The van der Waals surface area contributed by atoms with E-state index in [1.165, 1.54) is 5.56 Å². The van der Waals surface area contributed by atoms with Crippen LogP contribution in [-0.2, 0) is 6.54 Å². The molecule has 0 aliphatic rings. The van der Waals surface area contributed by atoms with Crippen LogP contribution >= 0.6 is 12.2 Å². The highest BCUT2D eigenvalue weighted by Gasteiger charge is 2.13. The lowest BCUT2D eigenvalue weighted by molar-refractivity contribution is 0.324. The zero-order valence-electron chi connectivity index (χ0n) is 14.3. The molecule has 0 fully saturated rings. The molecule has 2 N–H and O–H groups in total. The molecule has 0 spiro atoms. The second-order valence-corrected chi connectivity index (χ2v) is 5.62. The monoisotopic (exact) mass is 346 g/mol. The van der Waals surface area contributed by atoms with Crippen LogP contribution in [0.4, 0.5) is 5.69 Å². The van der Waals surface area contributed by atoms with Crippen molar-refractivity contribution in [2.45, 2.75) is 13.5 Å². The van der Waals surface area contributed by atoms with E-state index in [1.54, 1.807) is 33.5 Å². The lowest BCUT2D eigenvalue weighted by atomic mass is 10.1. The van der Waals surface area contributed by atoms with Gasteiger partial charge < -0.3 is 24.8 Å². The highest BCUT2D eigenvalue weighted by atomic mass is 32.1. The first kappa shape index (κ1) is 17.9. The van der Waals surface area contributed by atoms with Crippen LogP contribution in [0.2, 0.25) is 0 Å². The molecule has 0 atom stereocenters. The first-order valence-electron chi connectivity index (χ1n) is 7.47. The molecule has 0 aliphatic carbocycles. The maximum atomic E-state index is 5.35. The molecule has 0 unspecified atom stereocenters. The fraction of sp³-hybridized carbons (Fsp3) is 0.278. The standard InChI is InChI=1S/C18H22N2O3S/c1-12-5-7-13(8-6-12)11-19-18(24)20-14-9-15(21-2)17(23-4)16(10-14)22-3/h5-10H,11H2,1-4H3,(H2,19,20,24). The summed E-state index contributed by atoms with van der Waals surface area (Å²) in [7, 11) is 4.73. The van der Waals surface area contributed by atoms with Gasteiger partial charge in [-0.2, -0.15) is 0 Å². The summed E-state index contributed by atoms with van der Waals surface area (Å²) in [5.74, 6) is 1.69. The fourth-order valence-corrected chi connectivity index (χ4v) is 2.41. The van der Waals surface area contributed by atoms with Crippen molar-refractivity contribution < 1.29 is 14.2 Å². The van der Waals surface area contributed by atoms with Gasteiger partial charge in [0.05, 0.1) is 21.3 Å². The number of hydrogen-bond acceptors (Lipinski definition) is 4. The van der Waals surface area contributed by atoms with E-state index in [0.29, 0.717) is 28.9 Å². The van der Waals surface area contributed by atoms with Crippen molar-refractivity contribution in [2.75, 3.05) is 26.6 Å². The lowest BCUT2D eigenvalue weighted by Gasteiger charge is -2.16. The third-order valence-corrected chi connectivity index (χ3v) is 3.74. The first-order valence-corrected chi connectivity index (χ1v) is 7.88. The molecule has 2 aromatic carbocycles. The van der Waals surface area contributed by atoms with Crippen molar-refractivity contribution in [2.24, 2.45) is 0 Å². The topological polar surface area (TPSA) is 51.8 Å². The van der Waals surface area contributed by atoms with Crippen molar-refractivity contribution in [1.29, 1.82) is 0 Å². The summed E-state index contributed by atoms with van der Waals surface area (Å²) in [5.41, 5.74) is 3.15. The summed E-state index contributed by atoms with van der Waals surface area (Å²) in [6.45, 7) is 2.71. The summed E-state index contributed by atoms with van der Waals surface area (Å²) in [5, 5.41) is 6.83. The Kier molecular flexibility index (Phi) is 6.26. The molecule has 0 heterocycles. The first-order chi connectivity index (χ1) is 11.6. The molecule has 24 heavy (non-hydrogen) atoms. The molecule has 2 aromatic rings. The normalized spacial score (nSPS) is 10.0. The van der Waals surface area contributed by atoms with Gasteiger partial charge in [-0.05, 0) is 24.7 Å². The molecule has 128 valence electrons. The molecular formula is C18H22N2O3S. The third-order valence-electron chi connectivity index (χ3n) is 3.50. The maximum absolute atomic E-state index is 5.35. The van der Waals surface area contributed by atoms with Crippen molar-refractivity contribution >= 4 is 23.0 Å². The van der Waals surface area contributed by atoms with E-state index < -0.39 is 0 Å². The van der Waals surface area contributed by atoms with E-state index in [0.717, 1.165) is 11.3 Å². The van der Waals surface area contributed by atoms with Crippen LogP contribution in [0.15, 0.2) is 36.4 Å². The predicted molar refractivity (Wildman–Crippen MR) is 100 cm³/mol. The van der Waals surface area contributed by atoms with Gasteiger partial charge in [-0.1, -0.05) is 29.8 Å². The number of hydrogen-bond donors (Lipinski definition) is 2. The van der Waals surface area contributed by atoms with E-state index in [1.807, 2.05) is 0 Å². The van der Waals surface area contributed by atoms with E-state index in [4.69, 9.17) is 26.4 Å². The number of thiocarbonyl (C=S) groups is 1. The second kappa shape index (κ2) is 8.40. The molecule has 0 saturated carbocycles. The molecule has 5 nitrogen and oxygen atoms in total. The second-order valence-electron chi connectivity index (χ2n) is 5.21. The van der Waals surface area contributed by atoms with Crippen LogP contribution in [0.1, 0.15) is 11.1 Å². The van der Waals surface area contributed by atoms with E-state index in [9.17, 15) is 0 Å². The van der Waals surface area contributed by atoms with Gasteiger partial charge in [0.1, 0.15) is 0 Å². The number of rotatable bonds is 6. The third kappa shape index (κ3) is 4.52. The molecule has 0 aromatic heterocycles. The van der Waals surface area contributed by atoms with Gasteiger partial charge >= 0.3 is 0 Å². The number of nitrogens with one attached hydrogen (secondary N) is 2. The zero-order valence-corrected chi connectivity index (χ0v) is 15.1. The van der Waals surface area contributed by atoms with E-state index in [2.05, 4.69) is 41.8 Å². The van der Waals surface area contributed by atoms with Crippen LogP contribution < -0.4 is 24.8 Å². The Bertz CT molecular complexity index is 677. The molecule has 0 amide bonds. The average molecular weight is 346 g/mol. The summed E-state index contributed by atoms with van der Waals surface area (Å²) < 4.78 is 16.0. The number of anilines is 1. The molecule has 0 saturated heterocycles. The molecule has 6 heteroatoms. The number of ether oxygens (including phenoxy) is 3. The van der Waals surface area contributed by atoms with Crippen LogP contribution in [0.5, 0.6) is 17.2 Å². The van der Waals surface area contributed by atoms with Crippen molar-refractivity contribution in [3.63, 3.8) is 0 Å². The van der Waals surface area contributed by atoms with Gasteiger partial charge in [0, 0.05) is 24.4 Å². The van der Waals surface area contributed by atoms with Crippen molar-refractivity contribution in [3.8, 4) is 17.2 Å². The van der Waals surface area contributed by atoms with Gasteiger partial charge in [0.25, 0.3) is 0 Å². The maximum Gasteiger partial charge on any atom is 0.203 e. The SMILES string of the molecule is COc1cc(NC(=S)NCc2ccc(C)cc2)cc(OC)c1OC. The van der Waals surface area contributed by atoms with Gasteiger partial charge in [-0.3, -0.25) is 0 Å².